The van der Waals surface area contributed by atoms with E-state index in [1.165, 1.54) is 5.56 Å². The third-order valence-electron chi connectivity index (χ3n) is 3.84. The van der Waals surface area contributed by atoms with Crippen molar-refractivity contribution in [2.24, 2.45) is 0 Å². The van der Waals surface area contributed by atoms with Crippen molar-refractivity contribution < 1.29 is 5.11 Å². The maximum atomic E-state index is 9.45. The van der Waals surface area contributed by atoms with Crippen LogP contribution in [-0.2, 0) is 0 Å². The molecule has 1 unspecified atom stereocenters. The van der Waals surface area contributed by atoms with E-state index < -0.39 is 0 Å². The minimum Gasteiger partial charge on any atom is -0.393 e. The lowest BCUT2D eigenvalue weighted by molar-refractivity contribution is 0.0820. The van der Waals surface area contributed by atoms with E-state index in [1.807, 2.05) is 12.3 Å². The zero-order valence-electron chi connectivity index (χ0n) is 11.8. The first kappa shape index (κ1) is 14.4. The monoisotopic (exact) mass is 263 g/mol. The number of piperidine rings is 1. The Morgan fingerprint density at radius 1 is 1.47 bits per heavy atom. The summed E-state index contributed by atoms with van der Waals surface area (Å²) < 4.78 is 0. The van der Waals surface area contributed by atoms with Crippen molar-refractivity contribution in [1.29, 1.82) is 0 Å². The van der Waals surface area contributed by atoms with E-state index in [-0.39, 0.29) is 6.10 Å². The van der Waals surface area contributed by atoms with Crippen LogP contribution in [0.5, 0.6) is 0 Å². The second kappa shape index (κ2) is 7.58. The Hall–Kier alpha value is -0.970. The third kappa shape index (κ3) is 4.90. The summed E-state index contributed by atoms with van der Waals surface area (Å²) in [5.41, 5.74) is 1.24. The van der Waals surface area contributed by atoms with Gasteiger partial charge in [-0.15, -0.1) is 0 Å². The molecule has 1 saturated heterocycles. The van der Waals surface area contributed by atoms with E-state index in [2.05, 4.69) is 28.2 Å². The fourth-order valence-corrected chi connectivity index (χ4v) is 2.51. The molecule has 19 heavy (non-hydrogen) atoms. The van der Waals surface area contributed by atoms with Gasteiger partial charge in [0.25, 0.3) is 0 Å². The van der Waals surface area contributed by atoms with Crippen molar-refractivity contribution >= 4 is 0 Å². The number of aliphatic hydroxyl groups excluding tert-OH is 1. The van der Waals surface area contributed by atoms with Crippen molar-refractivity contribution in [3.8, 4) is 0 Å². The normalized spacial score (nSPS) is 19.5. The van der Waals surface area contributed by atoms with Crippen LogP contribution in [-0.4, -0.2) is 47.3 Å². The van der Waals surface area contributed by atoms with E-state index in [4.69, 9.17) is 0 Å². The molecule has 0 bridgehead atoms. The molecule has 1 aliphatic rings. The number of hydrogen-bond acceptors (Lipinski definition) is 4. The van der Waals surface area contributed by atoms with Gasteiger partial charge >= 0.3 is 0 Å². The number of nitrogens with zero attached hydrogens (tertiary/aromatic N) is 2. The zero-order chi connectivity index (χ0) is 13.5. The molecule has 1 aromatic heterocycles. The van der Waals surface area contributed by atoms with Gasteiger partial charge < -0.3 is 15.3 Å². The molecule has 1 fully saturated rings. The topological polar surface area (TPSA) is 48.4 Å². The summed E-state index contributed by atoms with van der Waals surface area (Å²) in [4.78, 5) is 6.59. The van der Waals surface area contributed by atoms with Crippen LogP contribution in [0.1, 0.15) is 37.8 Å². The van der Waals surface area contributed by atoms with E-state index in [1.54, 1.807) is 6.20 Å². The molecular weight excluding hydrogens is 238 g/mol. The Balaban J connectivity index is 1.59. The highest BCUT2D eigenvalue weighted by Crippen LogP contribution is 2.11. The van der Waals surface area contributed by atoms with Crippen molar-refractivity contribution in [3.63, 3.8) is 0 Å². The van der Waals surface area contributed by atoms with Gasteiger partial charge in [-0.1, -0.05) is 6.07 Å². The first-order valence-corrected chi connectivity index (χ1v) is 7.29. The minimum absolute atomic E-state index is 0.0695. The lowest BCUT2D eigenvalue weighted by atomic mass is 10.1. The molecule has 0 radical (unpaired) electrons. The van der Waals surface area contributed by atoms with Gasteiger partial charge in [-0.2, -0.15) is 0 Å². The molecule has 1 aliphatic heterocycles. The van der Waals surface area contributed by atoms with Crippen LogP contribution in [0.25, 0.3) is 0 Å². The van der Waals surface area contributed by atoms with Crippen molar-refractivity contribution in [2.45, 2.75) is 38.3 Å². The molecule has 106 valence electrons. The van der Waals surface area contributed by atoms with E-state index in [0.29, 0.717) is 6.04 Å². The van der Waals surface area contributed by atoms with Crippen LogP contribution in [0.3, 0.4) is 0 Å². The van der Waals surface area contributed by atoms with Crippen LogP contribution in [0.2, 0.25) is 0 Å². The SMILES string of the molecule is CC(NCCCN1CCC(O)CC1)c1cccnc1. The molecule has 1 aromatic rings. The minimum atomic E-state index is -0.0695. The maximum Gasteiger partial charge on any atom is 0.0564 e. The predicted octanol–water partition coefficient (Wildman–Crippen LogP) is 1.58. The molecule has 0 spiro atoms. The summed E-state index contributed by atoms with van der Waals surface area (Å²) >= 11 is 0. The number of rotatable bonds is 6. The van der Waals surface area contributed by atoms with Gasteiger partial charge in [0.2, 0.25) is 0 Å². The van der Waals surface area contributed by atoms with E-state index in [0.717, 1.165) is 45.4 Å². The zero-order valence-corrected chi connectivity index (χ0v) is 11.8. The molecule has 0 aromatic carbocycles. The van der Waals surface area contributed by atoms with Gasteiger partial charge in [-0.05, 0) is 50.9 Å². The highest BCUT2D eigenvalue weighted by Gasteiger charge is 2.16. The van der Waals surface area contributed by atoms with Crippen molar-refractivity contribution in [3.05, 3.63) is 30.1 Å². The summed E-state index contributed by atoms with van der Waals surface area (Å²) in [6.45, 7) is 6.40. The molecule has 4 heteroatoms. The van der Waals surface area contributed by atoms with Crippen molar-refractivity contribution in [1.82, 2.24) is 15.2 Å². The largest absolute Gasteiger partial charge is 0.393 e. The van der Waals surface area contributed by atoms with Crippen LogP contribution in [0, 0.1) is 0 Å². The van der Waals surface area contributed by atoms with Crippen molar-refractivity contribution in [2.75, 3.05) is 26.2 Å². The molecule has 0 saturated carbocycles. The second-order valence-electron chi connectivity index (χ2n) is 5.39. The van der Waals surface area contributed by atoms with Gasteiger partial charge in [0, 0.05) is 31.5 Å². The average molecular weight is 263 g/mol. The first-order chi connectivity index (χ1) is 9.25. The molecule has 2 heterocycles. The third-order valence-corrected chi connectivity index (χ3v) is 3.84. The Bertz CT molecular complexity index is 350. The van der Waals surface area contributed by atoms with E-state index >= 15 is 0 Å². The van der Waals surface area contributed by atoms with Crippen LogP contribution >= 0.6 is 0 Å². The number of aliphatic hydroxyl groups is 1. The van der Waals surface area contributed by atoms with Gasteiger partial charge in [0.1, 0.15) is 0 Å². The number of pyridine rings is 1. The smallest absolute Gasteiger partial charge is 0.0564 e. The first-order valence-electron chi connectivity index (χ1n) is 7.29. The van der Waals surface area contributed by atoms with Gasteiger partial charge in [0.15, 0.2) is 0 Å². The van der Waals surface area contributed by atoms with Gasteiger partial charge in [-0.3, -0.25) is 4.98 Å². The van der Waals surface area contributed by atoms with Crippen LogP contribution in [0.4, 0.5) is 0 Å². The number of hydrogen-bond donors (Lipinski definition) is 2. The Morgan fingerprint density at radius 2 is 2.26 bits per heavy atom. The summed E-state index contributed by atoms with van der Waals surface area (Å²) in [7, 11) is 0. The summed E-state index contributed by atoms with van der Waals surface area (Å²) in [5.74, 6) is 0. The highest BCUT2D eigenvalue weighted by atomic mass is 16.3. The Kier molecular flexibility index (Phi) is 5.76. The molecular formula is C15H25N3O. The maximum absolute atomic E-state index is 9.45. The molecule has 4 nitrogen and oxygen atoms in total. The number of nitrogens with one attached hydrogen (secondary N) is 1. The van der Waals surface area contributed by atoms with Gasteiger partial charge in [0.05, 0.1) is 6.10 Å². The highest BCUT2D eigenvalue weighted by molar-refractivity contribution is 5.12. The summed E-state index contributed by atoms with van der Waals surface area (Å²) in [6.07, 6.45) is 6.67. The molecule has 1 atom stereocenters. The number of likely N-dealkylation sites (tertiary alicyclic amines) is 1. The fraction of sp³-hybridized carbons (Fsp3) is 0.667. The Morgan fingerprint density at radius 3 is 2.95 bits per heavy atom. The quantitative estimate of drug-likeness (QED) is 0.765. The lowest BCUT2D eigenvalue weighted by Gasteiger charge is -2.29. The predicted molar refractivity (Wildman–Crippen MR) is 77.0 cm³/mol. The molecule has 2 N–H and O–H groups in total. The van der Waals surface area contributed by atoms with Crippen LogP contribution < -0.4 is 5.32 Å². The number of aromatic nitrogens is 1. The van der Waals surface area contributed by atoms with Gasteiger partial charge in [-0.25, -0.2) is 0 Å². The fourth-order valence-electron chi connectivity index (χ4n) is 2.51. The lowest BCUT2D eigenvalue weighted by Crippen LogP contribution is -2.37. The summed E-state index contributed by atoms with van der Waals surface area (Å²) in [5, 5.41) is 13.0. The molecule has 2 rings (SSSR count). The van der Waals surface area contributed by atoms with E-state index in [9.17, 15) is 5.11 Å². The second-order valence-corrected chi connectivity index (χ2v) is 5.39. The molecule has 0 amide bonds. The summed E-state index contributed by atoms with van der Waals surface area (Å²) in [6, 6.07) is 4.44. The molecule has 0 aliphatic carbocycles. The Labute approximate surface area is 115 Å². The average Bonchev–Trinajstić information content (AvgIpc) is 2.46. The van der Waals surface area contributed by atoms with Crippen LogP contribution in [0.15, 0.2) is 24.5 Å². The standard InChI is InChI=1S/C15H25N3O/c1-13(14-4-2-7-16-12-14)17-8-3-9-18-10-5-15(19)6-11-18/h2,4,7,12-13,15,17,19H,3,5-6,8-11H2,1H3.